The molecule has 0 unspecified atom stereocenters. The van der Waals surface area contributed by atoms with E-state index in [1.807, 2.05) is 30.6 Å². The first-order valence-electron chi connectivity index (χ1n) is 12.1. The van der Waals surface area contributed by atoms with Gasteiger partial charge < -0.3 is 0 Å². The molecule has 37 heavy (non-hydrogen) atoms. The summed E-state index contributed by atoms with van der Waals surface area (Å²) in [6.45, 7) is 14.2. The van der Waals surface area contributed by atoms with E-state index in [1.165, 1.54) is 16.3 Å². The standard InChI is InChI=1S/C31H25N5S/c1-31(2,3)21-12-14-33-30(16-21)36-28-9-6-5-8-26(28)27-11-10-24(20-29(27)36)37-25-18-22(32-4)17-23(19-25)35-15-7-13-34-35/h5-20H,1-3H3. The largest absolute Gasteiger partial charge is 0.294 e. The zero-order chi connectivity index (χ0) is 25.6. The zero-order valence-electron chi connectivity index (χ0n) is 20.9. The normalized spacial score (nSPS) is 11.7. The molecule has 0 bridgehead atoms. The smallest absolute Gasteiger partial charge is 0.190 e. The third kappa shape index (κ3) is 4.28. The van der Waals surface area contributed by atoms with E-state index in [0.29, 0.717) is 5.69 Å². The van der Waals surface area contributed by atoms with Crippen molar-refractivity contribution >= 4 is 39.3 Å². The molecule has 0 aliphatic rings. The summed E-state index contributed by atoms with van der Waals surface area (Å²) in [4.78, 5) is 10.6. The van der Waals surface area contributed by atoms with E-state index in [1.54, 1.807) is 22.6 Å². The monoisotopic (exact) mass is 499 g/mol. The highest BCUT2D eigenvalue weighted by molar-refractivity contribution is 7.99. The fourth-order valence-corrected chi connectivity index (χ4v) is 5.59. The van der Waals surface area contributed by atoms with Crippen molar-refractivity contribution in [1.82, 2.24) is 19.3 Å². The molecule has 0 radical (unpaired) electrons. The molecule has 3 heterocycles. The quantitative estimate of drug-likeness (QED) is 0.229. The van der Waals surface area contributed by atoms with Gasteiger partial charge in [0, 0.05) is 39.2 Å². The van der Waals surface area contributed by atoms with E-state index in [9.17, 15) is 0 Å². The number of benzene rings is 3. The highest BCUT2D eigenvalue weighted by Crippen LogP contribution is 2.38. The number of nitrogens with zero attached hydrogens (tertiary/aromatic N) is 5. The Morgan fingerprint density at radius 2 is 1.65 bits per heavy atom. The number of hydrogen-bond donors (Lipinski definition) is 0. The van der Waals surface area contributed by atoms with E-state index >= 15 is 0 Å². The van der Waals surface area contributed by atoms with Crippen molar-refractivity contribution in [3.8, 4) is 11.5 Å². The van der Waals surface area contributed by atoms with Gasteiger partial charge in [-0.05, 0) is 65.6 Å². The van der Waals surface area contributed by atoms with Gasteiger partial charge in [0.05, 0.1) is 23.3 Å². The van der Waals surface area contributed by atoms with Crippen molar-refractivity contribution in [2.45, 2.75) is 36.0 Å². The minimum Gasteiger partial charge on any atom is -0.294 e. The molecule has 6 aromatic rings. The fraction of sp³-hybridized carbons (Fsp3) is 0.129. The molecule has 6 heteroatoms. The Hall–Kier alpha value is -4.34. The molecule has 0 saturated heterocycles. The number of pyridine rings is 1. The zero-order valence-corrected chi connectivity index (χ0v) is 21.7. The average Bonchev–Trinajstić information content (AvgIpc) is 3.55. The van der Waals surface area contributed by atoms with E-state index in [0.717, 1.165) is 32.3 Å². The second-order valence-corrected chi connectivity index (χ2v) is 11.2. The van der Waals surface area contributed by atoms with Gasteiger partial charge in [-0.1, -0.05) is 56.8 Å². The molecule has 3 aromatic carbocycles. The number of rotatable bonds is 4. The highest BCUT2D eigenvalue weighted by Gasteiger charge is 2.18. The Balaban J connectivity index is 1.50. The lowest BCUT2D eigenvalue weighted by atomic mass is 9.88. The minimum absolute atomic E-state index is 0.0255. The first-order chi connectivity index (χ1) is 17.9. The summed E-state index contributed by atoms with van der Waals surface area (Å²) in [5.41, 5.74) is 4.98. The third-order valence-electron chi connectivity index (χ3n) is 6.50. The Kier molecular flexibility index (Phi) is 5.58. The number of hydrogen-bond acceptors (Lipinski definition) is 3. The van der Waals surface area contributed by atoms with Crippen LogP contribution in [0.2, 0.25) is 0 Å². The summed E-state index contributed by atoms with van der Waals surface area (Å²) < 4.78 is 4.04. The Morgan fingerprint density at radius 1 is 0.811 bits per heavy atom. The SMILES string of the molecule is [C-]#[N+]c1cc(Sc2ccc3c4ccccc4n(-c4cc(C(C)(C)C)ccn4)c3c2)cc(-n2cccn2)c1. The van der Waals surface area contributed by atoms with Gasteiger partial charge in [0.15, 0.2) is 5.69 Å². The first-order valence-corrected chi connectivity index (χ1v) is 12.9. The molecule has 0 aliphatic carbocycles. The molecular formula is C31H25N5S. The molecule has 0 saturated carbocycles. The summed E-state index contributed by atoms with van der Waals surface area (Å²) >= 11 is 1.65. The highest BCUT2D eigenvalue weighted by atomic mass is 32.2. The summed E-state index contributed by atoms with van der Waals surface area (Å²) in [6.07, 6.45) is 5.54. The van der Waals surface area contributed by atoms with Gasteiger partial charge >= 0.3 is 0 Å². The second kappa shape index (κ2) is 8.95. The fourth-order valence-electron chi connectivity index (χ4n) is 4.65. The van der Waals surface area contributed by atoms with Crippen LogP contribution in [0.15, 0.2) is 107 Å². The van der Waals surface area contributed by atoms with Gasteiger partial charge in [-0.25, -0.2) is 14.5 Å². The maximum absolute atomic E-state index is 7.57. The van der Waals surface area contributed by atoms with E-state index in [2.05, 4.69) is 95.9 Å². The number of para-hydroxylation sites is 1. The predicted octanol–water partition coefficient (Wildman–Crippen LogP) is 8.36. The van der Waals surface area contributed by atoms with Gasteiger partial charge in [0.2, 0.25) is 0 Å². The Labute approximate surface area is 220 Å². The minimum atomic E-state index is 0.0255. The van der Waals surface area contributed by atoms with Crippen LogP contribution in [0.4, 0.5) is 5.69 Å². The van der Waals surface area contributed by atoms with Crippen LogP contribution < -0.4 is 0 Å². The van der Waals surface area contributed by atoms with Crippen molar-refractivity contribution in [3.05, 3.63) is 114 Å². The Bertz CT molecular complexity index is 1800. The van der Waals surface area contributed by atoms with E-state index in [4.69, 9.17) is 11.6 Å². The molecule has 3 aromatic heterocycles. The van der Waals surface area contributed by atoms with Crippen LogP contribution in [-0.4, -0.2) is 19.3 Å². The summed E-state index contributed by atoms with van der Waals surface area (Å²) in [6, 6.07) is 27.1. The first kappa shape index (κ1) is 23.1. The molecule has 0 N–H and O–H groups in total. The number of fused-ring (bicyclic) bond motifs is 3. The van der Waals surface area contributed by atoms with Crippen LogP contribution >= 0.6 is 11.8 Å². The predicted molar refractivity (Wildman–Crippen MR) is 151 cm³/mol. The molecule has 6 rings (SSSR count). The van der Waals surface area contributed by atoms with Crippen molar-refractivity contribution in [3.63, 3.8) is 0 Å². The van der Waals surface area contributed by atoms with Gasteiger partial charge in [0.25, 0.3) is 0 Å². The van der Waals surface area contributed by atoms with Crippen LogP contribution in [0, 0.1) is 6.57 Å². The molecule has 0 fully saturated rings. The van der Waals surface area contributed by atoms with Crippen LogP contribution in [0.1, 0.15) is 26.3 Å². The Morgan fingerprint density at radius 3 is 2.43 bits per heavy atom. The maximum Gasteiger partial charge on any atom is 0.190 e. The van der Waals surface area contributed by atoms with Gasteiger partial charge in [0.1, 0.15) is 5.82 Å². The molecule has 0 aliphatic heterocycles. The topological polar surface area (TPSA) is 40.0 Å². The molecule has 180 valence electrons. The molecular weight excluding hydrogens is 474 g/mol. The molecule has 0 spiro atoms. The summed E-state index contributed by atoms with van der Waals surface area (Å²) in [7, 11) is 0. The van der Waals surface area contributed by atoms with Crippen molar-refractivity contribution < 1.29 is 0 Å². The van der Waals surface area contributed by atoms with Crippen molar-refractivity contribution in [2.24, 2.45) is 0 Å². The summed E-state index contributed by atoms with van der Waals surface area (Å²) in [5, 5.41) is 6.73. The lowest BCUT2D eigenvalue weighted by Crippen LogP contribution is -2.12. The third-order valence-corrected chi connectivity index (χ3v) is 7.46. The number of aromatic nitrogens is 4. The van der Waals surface area contributed by atoms with Crippen molar-refractivity contribution in [2.75, 3.05) is 0 Å². The van der Waals surface area contributed by atoms with Crippen LogP contribution in [-0.2, 0) is 5.41 Å². The van der Waals surface area contributed by atoms with Gasteiger partial charge in [-0.2, -0.15) is 5.10 Å². The van der Waals surface area contributed by atoms with E-state index < -0.39 is 0 Å². The van der Waals surface area contributed by atoms with Crippen LogP contribution in [0.3, 0.4) is 0 Å². The van der Waals surface area contributed by atoms with Crippen LogP contribution in [0.5, 0.6) is 0 Å². The molecule has 0 atom stereocenters. The van der Waals surface area contributed by atoms with Gasteiger partial charge in [-0.15, -0.1) is 0 Å². The lowest BCUT2D eigenvalue weighted by Gasteiger charge is -2.20. The van der Waals surface area contributed by atoms with E-state index in [-0.39, 0.29) is 5.41 Å². The lowest BCUT2D eigenvalue weighted by molar-refractivity contribution is 0.588. The van der Waals surface area contributed by atoms with Gasteiger partial charge in [-0.3, -0.25) is 4.57 Å². The maximum atomic E-state index is 7.57. The second-order valence-electron chi connectivity index (χ2n) is 10.0. The van der Waals surface area contributed by atoms with Crippen molar-refractivity contribution in [1.29, 1.82) is 0 Å². The summed E-state index contributed by atoms with van der Waals surface area (Å²) in [5.74, 6) is 0.914. The van der Waals surface area contributed by atoms with Crippen LogP contribution in [0.25, 0.3) is 38.2 Å². The average molecular weight is 500 g/mol. The molecule has 5 nitrogen and oxygen atoms in total. The molecule has 0 amide bonds.